The van der Waals surface area contributed by atoms with E-state index >= 15 is 0 Å². The van der Waals surface area contributed by atoms with Gasteiger partial charge in [-0.2, -0.15) is 0 Å². The highest BCUT2D eigenvalue weighted by atomic mass is 16.7. The van der Waals surface area contributed by atoms with Crippen LogP contribution >= 0.6 is 0 Å². The molecule has 0 N–H and O–H groups in total. The first-order valence-electron chi connectivity index (χ1n) is 10.1. The lowest BCUT2D eigenvalue weighted by molar-refractivity contribution is -0.154. The Labute approximate surface area is 146 Å². The number of carbonyl (C=O) groups excluding carboxylic acids is 1. The highest BCUT2D eigenvalue weighted by Crippen LogP contribution is 2.65. The molecule has 4 aliphatic rings. The lowest BCUT2D eigenvalue weighted by atomic mass is 9.45. The number of methoxy groups -OCH3 is 1. The number of rotatable bonds is 3. The maximum atomic E-state index is 12.5. The Bertz CT molecular complexity index is 503. The van der Waals surface area contributed by atoms with Gasteiger partial charge in [0.2, 0.25) is 0 Å². The Morgan fingerprint density at radius 3 is 2.67 bits per heavy atom. The second-order valence-corrected chi connectivity index (χ2v) is 9.54. The van der Waals surface area contributed by atoms with Gasteiger partial charge in [-0.3, -0.25) is 4.79 Å². The molecule has 7 atom stereocenters. The Balaban J connectivity index is 1.51. The van der Waals surface area contributed by atoms with Gasteiger partial charge in [-0.15, -0.1) is 0 Å². The van der Waals surface area contributed by atoms with Crippen LogP contribution in [0.5, 0.6) is 0 Å². The van der Waals surface area contributed by atoms with Crippen molar-refractivity contribution in [2.75, 3.05) is 13.9 Å². The number of ether oxygens (including phenoxy) is 2. The molecule has 4 fully saturated rings. The largest absolute Gasteiger partial charge is 0.359 e. The molecule has 4 rings (SSSR count). The Morgan fingerprint density at radius 2 is 1.88 bits per heavy atom. The molecule has 0 saturated heterocycles. The summed E-state index contributed by atoms with van der Waals surface area (Å²) in [5.74, 6) is 3.67. The fourth-order valence-corrected chi connectivity index (χ4v) is 7.31. The fraction of sp³-hybridized carbons (Fsp3) is 0.952. The molecule has 3 nitrogen and oxygen atoms in total. The first kappa shape index (κ1) is 17.0. The topological polar surface area (TPSA) is 35.5 Å². The van der Waals surface area contributed by atoms with Crippen molar-refractivity contribution >= 4 is 5.78 Å². The summed E-state index contributed by atoms with van der Waals surface area (Å²) in [5, 5.41) is 0. The summed E-state index contributed by atoms with van der Waals surface area (Å²) in [7, 11) is 1.71. The van der Waals surface area contributed by atoms with Crippen LogP contribution < -0.4 is 0 Å². The van der Waals surface area contributed by atoms with Crippen molar-refractivity contribution in [2.45, 2.75) is 77.7 Å². The zero-order valence-electron chi connectivity index (χ0n) is 15.7. The van der Waals surface area contributed by atoms with Crippen LogP contribution in [0, 0.1) is 34.5 Å². The molecule has 0 aromatic carbocycles. The standard InChI is InChI=1S/C21H34O3/c1-20-10-8-15(24-13-23-3)12-14(20)4-5-16-17-6-7-19(22)21(17,2)11-9-18(16)20/h14-18H,4-13H2,1-3H3/t14?,15-,16-,17-,18-,20-,21-/m0/s1. The molecule has 3 heteroatoms. The van der Waals surface area contributed by atoms with Crippen LogP contribution in [0.4, 0.5) is 0 Å². The molecule has 0 bridgehead atoms. The van der Waals surface area contributed by atoms with Crippen molar-refractivity contribution in [2.24, 2.45) is 34.5 Å². The third-order valence-electron chi connectivity index (χ3n) is 8.75. The van der Waals surface area contributed by atoms with Crippen LogP contribution in [-0.2, 0) is 14.3 Å². The van der Waals surface area contributed by atoms with Crippen molar-refractivity contribution in [3.8, 4) is 0 Å². The van der Waals surface area contributed by atoms with Gasteiger partial charge >= 0.3 is 0 Å². The molecule has 1 unspecified atom stereocenters. The fourth-order valence-electron chi connectivity index (χ4n) is 7.31. The quantitative estimate of drug-likeness (QED) is 0.708. The summed E-state index contributed by atoms with van der Waals surface area (Å²) in [6.07, 6.45) is 11.2. The summed E-state index contributed by atoms with van der Waals surface area (Å²) in [5.41, 5.74) is 0.492. The molecule has 0 aromatic rings. The van der Waals surface area contributed by atoms with Gasteiger partial charge in [0.15, 0.2) is 0 Å². The van der Waals surface area contributed by atoms with Crippen molar-refractivity contribution < 1.29 is 14.3 Å². The molecule has 0 aromatic heterocycles. The normalized spacial score (nSPS) is 51.0. The van der Waals surface area contributed by atoms with E-state index in [0.717, 1.165) is 37.0 Å². The van der Waals surface area contributed by atoms with Gasteiger partial charge in [-0.25, -0.2) is 0 Å². The van der Waals surface area contributed by atoms with Crippen LogP contribution in [0.2, 0.25) is 0 Å². The molecular weight excluding hydrogens is 300 g/mol. The highest BCUT2D eigenvalue weighted by molar-refractivity contribution is 5.87. The number of fused-ring (bicyclic) bond motifs is 5. The lowest BCUT2D eigenvalue weighted by Crippen LogP contribution is -2.54. The molecule has 0 spiro atoms. The van der Waals surface area contributed by atoms with E-state index < -0.39 is 0 Å². The second-order valence-electron chi connectivity index (χ2n) is 9.54. The number of hydrogen-bond acceptors (Lipinski definition) is 3. The van der Waals surface area contributed by atoms with Crippen LogP contribution in [0.1, 0.15) is 71.6 Å². The third-order valence-corrected chi connectivity index (χ3v) is 8.75. The molecule has 0 aliphatic heterocycles. The summed E-state index contributed by atoms with van der Waals surface area (Å²) < 4.78 is 11.0. The van der Waals surface area contributed by atoms with Crippen LogP contribution in [0.3, 0.4) is 0 Å². The van der Waals surface area contributed by atoms with E-state index in [-0.39, 0.29) is 5.41 Å². The Hall–Kier alpha value is -0.410. The zero-order chi connectivity index (χ0) is 16.9. The summed E-state index contributed by atoms with van der Waals surface area (Å²) in [6, 6.07) is 0. The zero-order valence-corrected chi connectivity index (χ0v) is 15.7. The van der Waals surface area contributed by atoms with Crippen LogP contribution in [-0.4, -0.2) is 25.8 Å². The molecule has 0 heterocycles. The van der Waals surface area contributed by atoms with E-state index in [2.05, 4.69) is 13.8 Å². The number of Topliss-reactive ketones (excluding diaryl/α,β-unsaturated/α-hetero) is 1. The molecule has 0 amide bonds. The van der Waals surface area contributed by atoms with Gasteiger partial charge in [0.1, 0.15) is 12.6 Å². The first-order valence-corrected chi connectivity index (χ1v) is 10.1. The molecular formula is C21H34O3. The molecule has 0 radical (unpaired) electrons. The van der Waals surface area contributed by atoms with E-state index in [1.165, 1.54) is 38.5 Å². The van der Waals surface area contributed by atoms with Crippen LogP contribution in [0.15, 0.2) is 0 Å². The third kappa shape index (κ3) is 2.41. The van der Waals surface area contributed by atoms with E-state index in [1.54, 1.807) is 7.11 Å². The molecule has 4 saturated carbocycles. The molecule has 136 valence electrons. The minimum atomic E-state index is 0.0170. The minimum absolute atomic E-state index is 0.0170. The highest BCUT2D eigenvalue weighted by Gasteiger charge is 2.60. The Kier molecular flexibility index (Phi) is 4.32. The summed E-state index contributed by atoms with van der Waals surface area (Å²) in [4.78, 5) is 12.5. The van der Waals surface area contributed by atoms with Gasteiger partial charge < -0.3 is 9.47 Å². The van der Waals surface area contributed by atoms with Crippen molar-refractivity contribution in [3.63, 3.8) is 0 Å². The van der Waals surface area contributed by atoms with E-state index in [9.17, 15) is 4.79 Å². The number of carbonyl (C=O) groups is 1. The van der Waals surface area contributed by atoms with Gasteiger partial charge in [0, 0.05) is 18.9 Å². The average Bonchev–Trinajstić information content (AvgIpc) is 2.88. The van der Waals surface area contributed by atoms with Gasteiger partial charge in [-0.05, 0) is 80.5 Å². The van der Waals surface area contributed by atoms with E-state index in [1.807, 2.05) is 0 Å². The Morgan fingerprint density at radius 1 is 1.04 bits per heavy atom. The van der Waals surface area contributed by atoms with Gasteiger partial charge in [0.25, 0.3) is 0 Å². The maximum absolute atomic E-state index is 12.5. The number of hydrogen-bond donors (Lipinski definition) is 0. The second kappa shape index (κ2) is 6.09. The lowest BCUT2D eigenvalue weighted by Gasteiger charge is -2.60. The molecule has 4 aliphatic carbocycles. The SMILES string of the molecule is COCO[C@H]1CC[C@@]2(C)C(CC[C@@H]3[C@@H]2CC[C@]2(C)C(=O)CC[C@@H]32)C1. The van der Waals surface area contributed by atoms with Crippen molar-refractivity contribution in [1.82, 2.24) is 0 Å². The van der Waals surface area contributed by atoms with E-state index in [0.29, 0.717) is 30.0 Å². The summed E-state index contributed by atoms with van der Waals surface area (Å²) >= 11 is 0. The molecule has 24 heavy (non-hydrogen) atoms. The predicted octanol–water partition coefficient (Wildman–Crippen LogP) is 4.59. The van der Waals surface area contributed by atoms with Crippen molar-refractivity contribution in [3.05, 3.63) is 0 Å². The maximum Gasteiger partial charge on any atom is 0.146 e. The number of ketones is 1. The monoisotopic (exact) mass is 334 g/mol. The van der Waals surface area contributed by atoms with E-state index in [4.69, 9.17) is 9.47 Å². The van der Waals surface area contributed by atoms with Crippen molar-refractivity contribution in [1.29, 1.82) is 0 Å². The smallest absolute Gasteiger partial charge is 0.146 e. The van der Waals surface area contributed by atoms with Crippen LogP contribution in [0.25, 0.3) is 0 Å². The first-order chi connectivity index (χ1) is 11.5. The predicted molar refractivity (Wildman–Crippen MR) is 93.5 cm³/mol. The minimum Gasteiger partial charge on any atom is -0.359 e. The van der Waals surface area contributed by atoms with Gasteiger partial charge in [-0.1, -0.05) is 13.8 Å². The van der Waals surface area contributed by atoms with Gasteiger partial charge in [0.05, 0.1) is 6.10 Å². The average molecular weight is 335 g/mol. The summed E-state index contributed by atoms with van der Waals surface area (Å²) in [6.45, 7) is 5.29.